The Morgan fingerprint density at radius 1 is 1.48 bits per heavy atom. The molecule has 0 aliphatic carbocycles. The first-order valence-electron chi connectivity index (χ1n) is 7.02. The van der Waals surface area contributed by atoms with Gasteiger partial charge in [-0.25, -0.2) is 4.98 Å². The Morgan fingerprint density at radius 3 is 3.00 bits per heavy atom. The fourth-order valence-corrected chi connectivity index (χ4v) is 3.15. The summed E-state index contributed by atoms with van der Waals surface area (Å²) in [6, 6.07) is 3.63. The van der Waals surface area contributed by atoms with Crippen molar-refractivity contribution in [1.82, 2.24) is 14.9 Å². The van der Waals surface area contributed by atoms with Crippen LogP contribution < -0.4 is 0 Å². The fraction of sp³-hybridized carbons (Fsp3) is 0.500. The highest BCUT2D eigenvalue weighted by atomic mass is 32.2. The van der Waals surface area contributed by atoms with Crippen molar-refractivity contribution in [2.24, 2.45) is 0 Å². The number of carbonyl (C=O) groups excluding carboxylic acids is 1. The lowest BCUT2D eigenvalue weighted by Crippen LogP contribution is -2.44. The molecule has 1 fully saturated rings. The highest BCUT2D eigenvalue weighted by molar-refractivity contribution is 8.00. The summed E-state index contributed by atoms with van der Waals surface area (Å²) in [4.78, 5) is 22.8. The Morgan fingerprint density at radius 2 is 2.29 bits per heavy atom. The van der Waals surface area contributed by atoms with Gasteiger partial charge in [-0.15, -0.1) is 0 Å². The fourth-order valence-electron chi connectivity index (χ4n) is 2.22. The molecular formula is C14H17N3O3S. The summed E-state index contributed by atoms with van der Waals surface area (Å²) < 4.78 is 10.9. The molecule has 0 saturated carbocycles. The summed E-state index contributed by atoms with van der Waals surface area (Å²) in [7, 11) is 0. The van der Waals surface area contributed by atoms with Crippen LogP contribution in [-0.2, 0) is 9.53 Å². The number of amides is 1. The number of nitrogens with zero attached hydrogens (tertiary/aromatic N) is 3. The normalized spacial score (nSPS) is 17.1. The lowest BCUT2D eigenvalue weighted by molar-refractivity contribution is -0.134. The van der Waals surface area contributed by atoms with Crippen molar-refractivity contribution in [2.45, 2.75) is 23.8 Å². The van der Waals surface area contributed by atoms with Gasteiger partial charge < -0.3 is 14.1 Å². The van der Waals surface area contributed by atoms with Crippen LogP contribution in [0.15, 0.2) is 28.0 Å². The maximum absolute atomic E-state index is 12.5. The van der Waals surface area contributed by atoms with Crippen LogP contribution in [-0.4, -0.2) is 52.3 Å². The van der Waals surface area contributed by atoms with Gasteiger partial charge in [-0.1, -0.05) is 18.7 Å². The van der Waals surface area contributed by atoms with Crippen molar-refractivity contribution in [2.75, 3.05) is 26.3 Å². The van der Waals surface area contributed by atoms with Crippen LogP contribution in [0.2, 0.25) is 0 Å². The molecular weight excluding hydrogens is 290 g/mol. The molecule has 3 rings (SSSR count). The van der Waals surface area contributed by atoms with Gasteiger partial charge in [0.15, 0.2) is 11.2 Å². The molecule has 0 unspecified atom stereocenters. The van der Waals surface area contributed by atoms with Crippen molar-refractivity contribution in [3.8, 4) is 0 Å². The largest absolute Gasteiger partial charge is 0.430 e. The quantitative estimate of drug-likeness (QED) is 0.804. The smallest absolute Gasteiger partial charge is 0.259 e. The Bertz CT molecular complexity index is 592. The second kappa shape index (κ2) is 6.44. The van der Waals surface area contributed by atoms with E-state index in [1.807, 2.05) is 17.9 Å². The summed E-state index contributed by atoms with van der Waals surface area (Å²) in [5.41, 5.74) is 1.22. The lowest BCUT2D eigenvalue weighted by atomic mass is 10.2. The SMILES string of the molecule is CC[C@@H](Sc1nc2ncccc2o1)C(=O)N1CCOCC1. The summed E-state index contributed by atoms with van der Waals surface area (Å²) in [5, 5.41) is 0.313. The topological polar surface area (TPSA) is 68.5 Å². The van der Waals surface area contributed by atoms with E-state index in [9.17, 15) is 4.79 Å². The zero-order valence-corrected chi connectivity index (χ0v) is 12.6. The average molecular weight is 307 g/mol. The number of ether oxygens (including phenoxy) is 1. The molecule has 1 atom stereocenters. The van der Waals surface area contributed by atoms with Crippen LogP contribution >= 0.6 is 11.8 Å². The van der Waals surface area contributed by atoms with E-state index in [2.05, 4.69) is 9.97 Å². The van der Waals surface area contributed by atoms with Gasteiger partial charge in [0.1, 0.15) is 0 Å². The average Bonchev–Trinajstić information content (AvgIpc) is 2.95. The van der Waals surface area contributed by atoms with E-state index in [4.69, 9.17) is 9.15 Å². The maximum atomic E-state index is 12.5. The van der Waals surface area contributed by atoms with Crippen molar-refractivity contribution >= 4 is 28.9 Å². The third-order valence-electron chi connectivity index (χ3n) is 3.36. The van der Waals surface area contributed by atoms with Crippen molar-refractivity contribution in [3.63, 3.8) is 0 Å². The van der Waals surface area contributed by atoms with E-state index in [0.29, 0.717) is 42.8 Å². The van der Waals surface area contributed by atoms with Crippen molar-refractivity contribution < 1.29 is 13.9 Å². The molecule has 3 heterocycles. The van der Waals surface area contributed by atoms with Gasteiger partial charge in [0, 0.05) is 19.3 Å². The number of fused-ring (bicyclic) bond motifs is 1. The number of hydrogen-bond acceptors (Lipinski definition) is 6. The molecule has 1 amide bonds. The number of carbonyl (C=O) groups is 1. The number of morpholine rings is 1. The van der Waals surface area contributed by atoms with Crippen LogP contribution in [0.4, 0.5) is 0 Å². The first-order chi connectivity index (χ1) is 10.3. The third-order valence-corrected chi connectivity index (χ3v) is 4.55. The molecule has 1 aliphatic rings. The van der Waals surface area contributed by atoms with E-state index in [0.717, 1.165) is 6.42 Å². The Hall–Kier alpha value is -1.60. The highest BCUT2D eigenvalue weighted by Crippen LogP contribution is 2.28. The number of thioether (sulfide) groups is 1. The molecule has 112 valence electrons. The lowest BCUT2D eigenvalue weighted by Gasteiger charge is -2.29. The number of hydrogen-bond donors (Lipinski definition) is 0. The number of aromatic nitrogens is 2. The van der Waals surface area contributed by atoms with Crippen molar-refractivity contribution in [1.29, 1.82) is 0 Å². The van der Waals surface area contributed by atoms with Gasteiger partial charge in [-0.2, -0.15) is 4.98 Å². The second-order valence-electron chi connectivity index (χ2n) is 4.76. The molecule has 1 aliphatic heterocycles. The van der Waals surface area contributed by atoms with Gasteiger partial charge in [0.2, 0.25) is 5.91 Å². The molecule has 0 spiro atoms. The van der Waals surface area contributed by atoms with E-state index in [1.54, 1.807) is 12.3 Å². The zero-order valence-electron chi connectivity index (χ0n) is 11.8. The molecule has 7 heteroatoms. The molecule has 2 aromatic rings. The third kappa shape index (κ3) is 3.19. The highest BCUT2D eigenvalue weighted by Gasteiger charge is 2.27. The molecule has 1 saturated heterocycles. The summed E-state index contributed by atoms with van der Waals surface area (Å²) >= 11 is 1.37. The van der Waals surface area contributed by atoms with Crippen LogP contribution in [0.25, 0.3) is 11.2 Å². The number of pyridine rings is 1. The minimum absolute atomic E-state index is 0.126. The standard InChI is InChI=1S/C14H17N3O3S/c1-2-11(13(18)17-6-8-19-9-7-17)21-14-16-12-10(20-14)4-3-5-15-12/h3-5,11H,2,6-9H2,1H3/t11-/m1/s1. The van der Waals surface area contributed by atoms with Crippen LogP contribution in [0.1, 0.15) is 13.3 Å². The number of rotatable bonds is 4. The molecule has 0 radical (unpaired) electrons. The summed E-state index contributed by atoms with van der Waals surface area (Å²) in [6.07, 6.45) is 2.41. The Balaban J connectivity index is 1.72. The molecule has 6 nitrogen and oxygen atoms in total. The first-order valence-corrected chi connectivity index (χ1v) is 7.90. The zero-order chi connectivity index (χ0) is 14.7. The van der Waals surface area contributed by atoms with E-state index >= 15 is 0 Å². The van der Waals surface area contributed by atoms with E-state index in [1.165, 1.54) is 11.8 Å². The van der Waals surface area contributed by atoms with Crippen LogP contribution in [0, 0.1) is 0 Å². The number of oxazole rings is 1. The molecule has 21 heavy (non-hydrogen) atoms. The molecule has 0 aromatic carbocycles. The predicted molar refractivity (Wildman–Crippen MR) is 79.1 cm³/mol. The Labute approximate surface area is 126 Å². The minimum atomic E-state index is -0.184. The van der Waals surface area contributed by atoms with Crippen molar-refractivity contribution in [3.05, 3.63) is 18.3 Å². The predicted octanol–water partition coefficient (Wildman–Crippen LogP) is 1.95. The van der Waals surface area contributed by atoms with Gasteiger partial charge in [-0.3, -0.25) is 4.79 Å². The molecule has 0 bridgehead atoms. The Kier molecular flexibility index (Phi) is 4.40. The van der Waals surface area contributed by atoms with Crippen LogP contribution in [0.3, 0.4) is 0 Å². The van der Waals surface area contributed by atoms with E-state index in [-0.39, 0.29) is 11.2 Å². The maximum Gasteiger partial charge on any atom is 0.259 e. The van der Waals surface area contributed by atoms with Crippen LogP contribution in [0.5, 0.6) is 0 Å². The van der Waals surface area contributed by atoms with Gasteiger partial charge in [0.25, 0.3) is 5.22 Å². The molecule has 0 N–H and O–H groups in total. The van der Waals surface area contributed by atoms with E-state index < -0.39 is 0 Å². The van der Waals surface area contributed by atoms with Gasteiger partial charge in [0.05, 0.1) is 18.5 Å². The monoisotopic (exact) mass is 307 g/mol. The molecule has 2 aromatic heterocycles. The summed E-state index contributed by atoms with van der Waals surface area (Å²) in [6.45, 7) is 4.53. The minimum Gasteiger partial charge on any atom is -0.430 e. The van der Waals surface area contributed by atoms with Gasteiger partial charge in [-0.05, 0) is 18.6 Å². The van der Waals surface area contributed by atoms with Gasteiger partial charge >= 0.3 is 0 Å². The second-order valence-corrected chi connectivity index (χ2v) is 5.91. The first kappa shape index (κ1) is 14.3. The summed E-state index contributed by atoms with van der Waals surface area (Å²) in [5.74, 6) is 0.126.